The molecule has 0 spiro atoms. The van der Waals surface area contributed by atoms with E-state index in [1.165, 1.54) is 28.6 Å². The number of ketones is 1. The number of sulfonamides is 1. The maximum Gasteiger partial charge on any atom is 0.338 e. The van der Waals surface area contributed by atoms with Crippen LogP contribution >= 0.6 is 0 Å². The van der Waals surface area contributed by atoms with Gasteiger partial charge in [-0.3, -0.25) is 4.79 Å². The number of methoxy groups -OCH3 is 1. The molecule has 4 rings (SSSR count). The molecule has 0 saturated carbocycles. The second kappa shape index (κ2) is 11.3. The lowest BCUT2D eigenvalue weighted by Crippen LogP contribution is -2.28. The Bertz CT molecular complexity index is 1390. The predicted octanol–water partition coefficient (Wildman–Crippen LogP) is 4.18. The van der Waals surface area contributed by atoms with Crippen molar-refractivity contribution in [2.75, 3.05) is 26.8 Å². The quantitative estimate of drug-likeness (QED) is 0.292. The van der Waals surface area contributed by atoms with Crippen molar-refractivity contribution in [1.29, 1.82) is 0 Å². The Balaban J connectivity index is 1.39. The van der Waals surface area contributed by atoms with Gasteiger partial charge in [-0.15, -0.1) is 0 Å². The Morgan fingerprint density at radius 2 is 1.68 bits per heavy atom. The molecule has 0 unspecified atom stereocenters. The van der Waals surface area contributed by atoms with Gasteiger partial charge < -0.3 is 14.0 Å². The predicted molar refractivity (Wildman–Crippen MR) is 140 cm³/mol. The summed E-state index contributed by atoms with van der Waals surface area (Å²) < 4.78 is 39.6. The van der Waals surface area contributed by atoms with Gasteiger partial charge in [0.05, 0.1) is 17.6 Å². The SMILES string of the molecule is COc1ccc(CCn2c(C)cc(C(=O)COC(=O)c3cccc(S(=O)(=O)N4CCCC4)c3)c2C)cc1. The van der Waals surface area contributed by atoms with Crippen LogP contribution in [0.2, 0.25) is 0 Å². The third-order valence-corrected chi connectivity index (χ3v) is 8.66. The van der Waals surface area contributed by atoms with E-state index in [-0.39, 0.29) is 16.2 Å². The minimum absolute atomic E-state index is 0.0515. The number of esters is 1. The van der Waals surface area contributed by atoms with Gasteiger partial charge in [0, 0.05) is 36.6 Å². The van der Waals surface area contributed by atoms with E-state index in [4.69, 9.17) is 9.47 Å². The summed E-state index contributed by atoms with van der Waals surface area (Å²) in [6.45, 7) is 5.05. The first-order valence-corrected chi connectivity index (χ1v) is 13.7. The van der Waals surface area contributed by atoms with Crippen molar-refractivity contribution in [3.8, 4) is 5.75 Å². The molecule has 2 aromatic carbocycles. The molecule has 3 aromatic rings. The number of nitrogens with zero attached hydrogens (tertiary/aromatic N) is 2. The van der Waals surface area contributed by atoms with Crippen LogP contribution in [0.15, 0.2) is 59.5 Å². The molecule has 0 amide bonds. The molecule has 1 fully saturated rings. The molecule has 1 aliphatic rings. The van der Waals surface area contributed by atoms with E-state index < -0.39 is 22.6 Å². The minimum atomic E-state index is -3.66. The van der Waals surface area contributed by atoms with Crippen molar-refractivity contribution in [3.63, 3.8) is 0 Å². The molecule has 9 heteroatoms. The van der Waals surface area contributed by atoms with Crippen LogP contribution in [-0.4, -0.2) is 55.8 Å². The highest BCUT2D eigenvalue weighted by Crippen LogP contribution is 2.22. The van der Waals surface area contributed by atoms with E-state index in [9.17, 15) is 18.0 Å². The zero-order valence-electron chi connectivity index (χ0n) is 21.4. The summed E-state index contributed by atoms with van der Waals surface area (Å²) in [5, 5.41) is 0. The fourth-order valence-corrected chi connectivity index (χ4v) is 6.18. The first-order valence-electron chi connectivity index (χ1n) is 12.3. The second-order valence-corrected chi connectivity index (χ2v) is 11.1. The standard InChI is InChI=1S/C28H32N2O6S/c1-20-17-26(21(2)30(20)16-13-22-9-11-24(35-3)12-10-22)27(31)19-36-28(32)23-7-6-8-25(18-23)37(33,34)29-14-4-5-15-29/h6-12,17-18H,4-5,13-16,19H2,1-3H3. The number of ether oxygens (including phenoxy) is 2. The molecule has 0 radical (unpaired) electrons. The topological polar surface area (TPSA) is 94.9 Å². The van der Waals surface area contributed by atoms with Crippen molar-refractivity contribution in [2.24, 2.45) is 0 Å². The molecule has 1 aromatic heterocycles. The normalized spacial score (nSPS) is 14.0. The van der Waals surface area contributed by atoms with Crippen molar-refractivity contribution < 1.29 is 27.5 Å². The van der Waals surface area contributed by atoms with Crippen LogP contribution in [0.5, 0.6) is 5.75 Å². The van der Waals surface area contributed by atoms with Crippen molar-refractivity contribution in [1.82, 2.24) is 8.87 Å². The van der Waals surface area contributed by atoms with Gasteiger partial charge in [-0.1, -0.05) is 18.2 Å². The molecule has 2 heterocycles. The zero-order valence-corrected chi connectivity index (χ0v) is 22.2. The van der Waals surface area contributed by atoms with Gasteiger partial charge in [0.1, 0.15) is 5.75 Å². The van der Waals surface area contributed by atoms with Crippen LogP contribution in [-0.2, 0) is 27.7 Å². The van der Waals surface area contributed by atoms with Crippen molar-refractivity contribution in [3.05, 3.63) is 82.7 Å². The molecule has 0 N–H and O–H groups in total. The van der Waals surface area contributed by atoms with Gasteiger partial charge in [-0.25, -0.2) is 13.2 Å². The molecule has 1 saturated heterocycles. The molecule has 1 aliphatic heterocycles. The minimum Gasteiger partial charge on any atom is -0.497 e. The molecular weight excluding hydrogens is 492 g/mol. The van der Waals surface area contributed by atoms with Crippen molar-refractivity contribution >= 4 is 21.8 Å². The third-order valence-electron chi connectivity index (χ3n) is 6.76. The van der Waals surface area contributed by atoms with Gasteiger partial charge >= 0.3 is 5.97 Å². The van der Waals surface area contributed by atoms with Crippen LogP contribution in [0.4, 0.5) is 0 Å². The Kier molecular flexibility index (Phi) is 8.14. The Labute approximate surface area is 217 Å². The number of carbonyl (C=O) groups is 2. The third kappa shape index (κ3) is 5.94. The van der Waals surface area contributed by atoms with Crippen LogP contribution in [0.25, 0.3) is 0 Å². The lowest BCUT2D eigenvalue weighted by atomic mass is 10.1. The number of hydrogen-bond acceptors (Lipinski definition) is 6. The summed E-state index contributed by atoms with van der Waals surface area (Å²) in [6.07, 6.45) is 2.44. The average Bonchev–Trinajstić information content (AvgIpc) is 3.55. The molecule has 0 atom stereocenters. The van der Waals surface area contributed by atoms with E-state index in [0.717, 1.165) is 42.0 Å². The number of Topliss-reactive ketones (excluding diaryl/α,β-unsaturated/α-hetero) is 1. The number of hydrogen-bond donors (Lipinski definition) is 0. The Hall–Kier alpha value is -3.43. The van der Waals surface area contributed by atoms with E-state index >= 15 is 0 Å². The number of rotatable bonds is 10. The van der Waals surface area contributed by atoms with Gasteiger partial charge in [0.15, 0.2) is 6.61 Å². The molecule has 37 heavy (non-hydrogen) atoms. The number of benzene rings is 2. The molecular formula is C28H32N2O6S. The summed E-state index contributed by atoms with van der Waals surface area (Å²) in [5.74, 6) is -0.238. The maximum absolute atomic E-state index is 12.9. The van der Waals surface area contributed by atoms with Crippen molar-refractivity contribution in [2.45, 2.75) is 44.6 Å². The van der Waals surface area contributed by atoms with Gasteiger partial charge in [0.2, 0.25) is 15.8 Å². The fourth-order valence-electron chi connectivity index (χ4n) is 4.61. The van der Waals surface area contributed by atoms with Gasteiger partial charge in [0.25, 0.3) is 0 Å². The van der Waals surface area contributed by atoms with Gasteiger partial charge in [-0.2, -0.15) is 4.31 Å². The molecule has 0 aliphatic carbocycles. The van der Waals surface area contributed by atoms with Crippen LogP contribution < -0.4 is 4.74 Å². The zero-order chi connectivity index (χ0) is 26.6. The number of carbonyl (C=O) groups excluding carboxylic acids is 2. The second-order valence-electron chi connectivity index (χ2n) is 9.17. The Morgan fingerprint density at radius 3 is 2.35 bits per heavy atom. The summed E-state index contributed by atoms with van der Waals surface area (Å²) in [7, 11) is -2.02. The van der Waals surface area contributed by atoms with Crippen LogP contribution in [0, 0.1) is 13.8 Å². The number of aromatic nitrogens is 1. The Morgan fingerprint density at radius 1 is 0.973 bits per heavy atom. The summed E-state index contributed by atoms with van der Waals surface area (Å²) in [4.78, 5) is 25.6. The number of aryl methyl sites for hydroxylation is 2. The lowest BCUT2D eigenvalue weighted by molar-refractivity contribution is 0.0474. The highest BCUT2D eigenvalue weighted by molar-refractivity contribution is 7.89. The largest absolute Gasteiger partial charge is 0.497 e. The monoisotopic (exact) mass is 524 g/mol. The van der Waals surface area contributed by atoms with E-state index in [1.807, 2.05) is 44.2 Å². The van der Waals surface area contributed by atoms with Crippen LogP contribution in [0.3, 0.4) is 0 Å². The summed E-state index contributed by atoms with van der Waals surface area (Å²) >= 11 is 0. The van der Waals surface area contributed by atoms with Crippen LogP contribution in [0.1, 0.15) is 50.5 Å². The van der Waals surface area contributed by atoms with Gasteiger partial charge in [-0.05, 0) is 75.1 Å². The first-order chi connectivity index (χ1) is 17.7. The van der Waals surface area contributed by atoms with E-state index in [1.54, 1.807) is 7.11 Å². The maximum atomic E-state index is 12.9. The first kappa shape index (κ1) is 26.6. The fraction of sp³-hybridized carbons (Fsp3) is 0.357. The van der Waals surface area contributed by atoms with E-state index in [0.29, 0.717) is 25.2 Å². The summed E-state index contributed by atoms with van der Waals surface area (Å²) in [6, 6.07) is 15.5. The lowest BCUT2D eigenvalue weighted by Gasteiger charge is -2.15. The molecule has 8 nitrogen and oxygen atoms in total. The summed E-state index contributed by atoms with van der Waals surface area (Å²) in [5.41, 5.74) is 3.51. The molecule has 0 bridgehead atoms. The van der Waals surface area contributed by atoms with E-state index in [2.05, 4.69) is 4.57 Å². The molecule has 196 valence electrons. The average molecular weight is 525 g/mol. The smallest absolute Gasteiger partial charge is 0.338 e. The highest BCUT2D eigenvalue weighted by atomic mass is 32.2. The highest BCUT2D eigenvalue weighted by Gasteiger charge is 2.28.